The van der Waals surface area contributed by atoms with Gasteiger partial charge in [0.1, 0.15) is 0 Å². The average Bonchev–Trinajstić information content (AvgIpc) is 2.87. The summed E-state index contributed by atoms with van der Waals surface area (Å²) < 4.78 is 0. The van der Waals surface area contributed by atoms with Crippen LogP contribution in [0.3, 0.4) is 0 Å². The summed E-state index contributed by atoms with van der Waals surface area (Å²) in [5.41, 5.74) is 3.65. The standard InChI is InChI=1S/C23H32ClNO2/c1-4-23(2,3)22(18-6-5-7-20(24)11-8-18)19-9-12-21(13-10-19)25(14-16-26)15-17-27/h5-6,8-13,22,26-27H,4,7,14-17H2,1-3H3. The van der Waals surface area contributed by atoms with Crippen molar-refractivity contribution in [3.8, 4) is 0 Å². The molecular formula is C23H32ClNO2. The third kappa shape index (κ3) is 5.71. The minimum Gasteiger partial charge on any atom is -0.395 e. The van der Waals surface area contributed by atoms with Crippen LogP contribution < -0.4 is 4.90 Å². The van der Waals surface area contributed by atoms with Crippen molar-refractivity contribution in [3.63, 3.8) is 0 Å². The van der Waals surface area contributed by atoms with Gasteiger partial charge in [0.15, 0.2) is 0 Å². The Bertz CT molecular complexity index is 683. The molecule has 2 rings (SSSR count). The number of benzene rings is 1. The molecule has 3 nitrogen and oxygen atoms in total. The lowest BCUT2D eigenvalue weighted by atomic mass is 9.69. The number of nitrogens with zero attached hydrogens (tertiary/aromatic N) is 1. The van der Waals surface area contributed by atoms with Crippen LogP contribution in [-0.4, -0.2) is 36.5 Å². The van der Waals surface area contributed by atoms with Gasteiger partial charge in [-0.1, -0.05) is 69.2 Å². The van der Waals surface area contributed by atoms with Crippen LogP contribution in [0.1, 0.15) is 45.1 Å². The Hall–Kier alpha value is -1.55. The van der Waals surface area contributed by atoms with Crippen molar-refractivity contribution in [3.05, 3.63) is 64.7 Å². The second kappa shape index (κ2) is 10.1. The van der Waals surface area contributed by atoms with Crippen LogP contribution in [0.4, 0.5) is 5.69 Å². The Balaban J connectivity index is 2.39. The van der Waals surface area contributed by atoms with Crippen LogP contribution in [-0.2, 0) is 0 Å². The minimum absolute atomic E-state index is 0.0675. The molecule has 0 aliphatic heterocycles. The number of rotatable bonds is 9. The van der Waals surface area contributed by atoms with Gasteiger partial charge >= 0.3 is 0 Å². The quantitative estimate of drug-likeness (QED) is 0.624. The first-order valence-electron chi connectivity index (χ1n) is 9.72. The third-order valence-electron chi connectivity index (χ3n) is 5.44. The number of hydrogen-bond donors (Lipinski definition) is 2. The molecule has 0 aromatic heterocycles. The molecule has 27 heavy (non-hydrogen) atoms. The van der Waals surface area contributed by atoms with Crippen LogP contribution in [0, 0.1) is 5.41 Å². The molecule has 1 aromatic carbocycles. The Morgan fingerprint density at radius 2 is 1.70 bits per heavy atom. The van der Waals surface area contributed by atoms with Crippen molar-refractivity contribution in [2.45, 2.75) is 39.5 Å². The highest BCUT2D eigenvalue weighted by Gasteiger charge is 2.31. The smallest absolute Gasteiger partial charge is 0.0606 e. The Morgan fingerprint density at radius 1 is 1.07 bits per heavy atom. The highest BCUT2D eigenvalue weighted by Crippen LogP contribution is 2.44. The summed E-state index contributed by atoms with van der Waals surface area (Å²) in [5.74, 6) is 0.260. The lowest BCUT2D eigenvalue weighted by Gasteiger charge is -2.35. The zero-order valence-corrected chi connectivity index (χ0v) is 17.4. The van der Waals surface area contributed by atoms with Crippen molar-refractivity contribution < 1.29 is 10.2 Å². The van der Waals surface area contributed by atoms with Gasteiger partial charge in [0, 0.05) is 36.1 Å². The van der Waals surface area contributed by atoms with Crippen molar-refractivity contribution >= 4 is 17.3 Å². The molecule has 4 heteroatoms. The Kier molecular flexibility index (Phi) is 8.15. The van der Waals surface area contributed by atoms with E-state index in [2.05, 4.69) is 63.3 Å². The van der Waals surface area contributed by atoms with E-state index < -0.39 is 0 Å². The summed E-state index contributed by atoms with van der Waals surface area (Å²) in [6.07, 6.45) is 10.3. The van der Waals surface area contributed by atoms with Crippen LogP contribution in [0.5, 0.6) is 0 Å². The van der Waals surface area contributed by atoms with Crippen LogP contribution >= 0.6 is 11.6 Å². The summed E-state index contributed by atoms with van der Waals surface area (Å²) >= 11 is 6.22. The minimum atomic E-state index is 0.0675. The maximum absolute atomic E-state index is 9.27. The first-order valence-corrected chi connectivity index (χ1v) is 10.1. The van der Waals surface area contributed by atoms with Gasteiger partial charge in [-0.3, -0.25) is 0 Å². The van der Waals surface area contributed by atoms with Crippen molar-refractivity contribution in [2.24, 2.45) is 5.41 Å². The van der Waals surface area contributed by atoms with E-state index in [1.807, 2.05) is 11.0 Å². The molecule has 148 valence electrons. The van der Waals surface area contributed by atoms with E-state index in [1.54, 1.807) is 0 Å². The van der Waals surface area contributed by atoms with E-state index >= 15 is 0 Å². The van der Waals surface area contributed by atoms with E-state index in [4.69, 9.17) is 11.6 Å². The molecule has 0 bridgehead atoms. The molecule has 2 N–H and O–H groups in total. The summed E-state index contributed by atoms with van der Waals surface area (Å²) in [6.45, 7) is 8.01. The molecule has 0 saturated carbocycles. The van der Waals surface area contributed by atoms with E-state index in [9.17, 15) is 10.2 Å². The van der Waals surface area contributed by atoms with Gasteiger partial charge in [-0.15, -0.1) is 0 Å². The molecule has 0 radical (unpaired) electrons. The maximum atomic E-state index is 9.27. The molecule has 1 aliphatic rings. The molecule has 0 heterocycles. The molecule has 1 unspecified atom stereocenters. The highest BCUT2D eigenvalue weighted by atomic mass is 35.5. The third-order valence-corrected chi connectivity index (χ3v) is 5.72. The summed E-state index contributed by atoms with van der Waals surface area (Å²) in [7, 11) is 0. The van der Waals surface area contributed by atoms with E-state index in [0.717, 1.165) is 23.6 Å². The van der Waals surface area contributed by atoms with Gasteiger partial charge in [-0.25, -0.2) is 0 Å². The fourth-order valence-electron chi connectivity index (χ4n) is 3.60. The first-order chi connectivity index (χ1) is 12.9. The normalized spacial score (nSPS) is 15.8. The topological polar surface area (TPSA) is 43.7 Å². The van der Waals surface area contributed by atoms with E-state index in [-0.39, 0.29) is 24.5 Å². The van der Waals surface area contributed by atoms with Gasteiger partial charge in [-0.2, -0.15) is 0 Å². The Labute approximate surface area is 168 Å². The predicted octanol–water partition coefficient (Wildman–Crippen LogP) is 5.01. The maximum Gasteiger partial charge on any atom is 0.0606 e. The fraction of sp³-hybridized carbons (Fsp3) is 0.478. The molecule has 0 spiro atoms. The van der Waals surface area contributed by atoms with Crippen molar-refractivity contribution in [2.75, 3.05) is 31.2 Å². The summed E-state index contributed by atoms with van der Waals surface area (Å²) in [5, 5.41) is 19.4. The molecule has 1 aromatic rings. The number of aliphatic hydroxyl groups is 2. The molecule has 0 fully saturated rings. The Morgan fingerprint density at radius 3 is 2.26 bits per heavy atom. The zero-order valence-electron chi connectivity index (χ0n) is 16.7. The van der Waals surface area contributed by atoms with Gasteiger partial charge in [0.05, 0.1) is 13.2 Å². The molecule has 1 atom stereocenters. The molecule has 1 aliphatic carbocycles. The van der Waals surface area contributed by atoms with Gasteiger partial charge < -0.3 is 15.1 Å². The van der Waals surface area contributed by atoms with Gasteiger partial charge in [0.25, 0.3) is 0 Å². The lowest BCUT2D eigenvalue weighted by Crippen LogP contribution is -2.29. The second-order valence-corrected chi connectivity index (χ2v) is 8.17. The number of hydrogen-bond acceptors (Lipinski definition) is 3. The zero-order chi connectivity index (χ0) is 19.9. The van der Waals surface area contributed by atoms with Crippen LogP contribution in [0.15, 0.2) is 59.2 Å². The highest BCUT2D eigenvalue weighted by molar-refractivity contribution is 6.29. The SMILES string of the molecule is CCC(C)(C)C(C1=CC=C(Cl)CC=C1)c1ccc(N(CCO)CCO)cc1. The van der Waals surface area contributed by atoms with Crippen molar-refractivity contribution in [1.82, 2.24) is 0 Å². The molecule has 0 amide bonds. The average molecular weight is 390 g/mol. The molecule has 0 saturated heterocycles. The van der Waals surface area contributed by atoms with Crippen LogP contribution in [0.25, 0.3) is 0 Å². The second-order valence-electron chi connectivity index (χ2n) is 7.69. The van der Waals surface area contributed by atoms with E-state index in [0.29, 0.717) is 13.1 Å². The van der Waals surface area contributed by atoms with Crippen LogP contribution in [0.2, 0.25) is 0 Å². The van der Waals surface area contributed by atoms with E-state index in [1.165, 1.54) is 11.1 Å². The number of halogens is 1. The summed E-state index contributed by atoms with van der Waals surface area (Å²) in [4.78, 5) is 2.00. The largest absolute Gasteiger partial charge is 0.395 e. The monoisotopic (exact) mass is 389 g/mol. The lowest BCUT2D eigenvalue weighted by molar-refractivity contribution is 0.281. The number of aliphatic hydroxyl groups excluding tert-OH is 2. The predicted molar refractivity (Wildman–Crippen MR) is 115 cm³/mol. The first kappa shape index (κ1) is 21.7. The molecular weight excluding hydrogens is 358 g/mol. The fourth-order valence-corrected chi connectivity index (χ4v) is 3.75. The van der Waals surface area contributed by atoms with Gasteiger partial charge in [-0.05, 0) is 34.8 Å². The van der Waals surface area contributed by atoms with Gasteiger partial charge in [0.2, 0.25) is 0 Å². The summed E-state index contributed by atoms with van der Waals surface area (Å²) in [6, 6.07) is 8.51. The number of allylic oxidation sites excluding steroid dienone is 6. The number of anilines is 1. The van der Waals surface area contributed by atoms with Crippen molar-refractivity contribution in [1.29, 1.82) is 0 Å².